The van der Waals surface area contributed by atoms with Crippen LogP contribution in [-0.2, 0) is 17.5 Å². The molecular formula is C19H12F4N4O2. The molecule has 148 valence electrons. The van der Waals surface area contributed by atoms with Crippen LogP contribution in [-0.4, -0.2) is 20.6 Å². The van der Waals surface area contributed by atoms with Crippen molar-refractivity contribution in [2.24, 2.45) is 0 Å². The van der Waals surface area contributed by atoms with Crippen molar-refractivity contribution < 1.29 is 26.9 Å². The Hall–Kier alpha value is -3.69. The minimum Gasteiger partial charge on any atom is -0.338 e. The van der Waals surface area contributed by atoms with Gasteiger partial charge in [0.15, 0.2) is 0 Å². The molecule has 0 saturated heterocycles. The van der Waals surface area contributed by atoms with E-state index in [9.17, 15) is 22.4 Å². The van der Waals surface area contributed by atoms with Crippen LogP contribution in [0.15, 0.2) is 59.3 Å². The van der Waals surface area contributed by atoms with Gasteiger partial charge in [-0.1, -0.05) is 11.2 Å². The summed E-state index contributed by atoms with van der Waals surface area (Å²) < 4.78 is 57.0. The molecule has 0 fully saturated rings. The highest BCUT2D eigenvalue weighted by atomic mass is 19.4. The number of nitrogens with zero attached hydrogens (tertiary/aromatic N) is 3. The summed E-state index contributed by atoms with van der Waals surface area (Å²) in [5, 5.41) is 6.64. The molecule has 0 unspecified atom stereocenters. The average molecular weight is 404 g/mol. The maximum Gasteiger partial charge on any atom is 0.471 e. The van der Waals surface area contributed by atoms with E-state index >= 15 is 0 Å². The highest BCUT2D eigenvalue weighted by molar-refractivity contribution is 5.92. The summed E-state index contributed by atoms with van der Waals surface area (Å²) >= 11 is 0. The van der Waals surface area contributed by atoms with Gasteiger partial charge < -0.3 is 14.4 Å². The van der Waals surface area contributed by atoms with E-state index in [-0.39, 0.29) is 18.3 Å². The number of fused-ring (bicyclic) bond motifs is 1. The number of rotatable bonds is 4. The van der Waals surface area contributed by atoms with E-state index in [2.05, 4.69) is 20.0 Å². The summed E-state index contributed by atoms with van der Waals surface area (Å²) in [6.07, 6.45) is -3.05. The molecule has 0 aliphatic heterocycles. The van der Waals surface area contributed by atoms with Gasteiger partial charge in [0.25, 0.3) is 0 Å². The van der Waals surface area contributed by atoms with E-state index < -0.39 is 17.9 Å². The summed E-state index contributed by atoms with van der Waals surface area (Å²) in [7, 11) is 0. The largest absolute Gasteiger partial charge is 0.471 e. The molecule has 1 amide bonds. The zero-order chi connectivity index (χ0) is 20.6. The van der Waals surface area contributed by atoms with Gasteiger partial charge in [-0.15, -0.1) is 0 Å². The summed E-state index contributed by atoms with van der Waals surface area (Å²) in [5.41, 5.74) is 1.37. The topological polar surface area (TPSA) is 73.0 Å². The lowest BCUT2D eigenvalue weighted by molar-refractivity contribution is -0.159. The number of amides is 1. The Labute approximate surface area is 160 Å². The number of aromatic nitrogens is 3. The minimum atomic E-state index is -4.71. The molecule has 0 aliphatic rings. The number of hydrogen-bond donors (Lipinski definition) is 1. The molecule has 4 rings (SSSR count). The smallest absolute Gasteiger partial charge is 0.338 e. The predicted molar refractivity (Wildman–Crippen MR) is 95.3 cm³/mol. The highest BCUT2D eigenvalue weighted by Crippen LogP contribution is 2.30. The molecule has 0 bridgehead atoms. The van der Waals surface area contributed by atoms with Crippen LogP contribution in [0, 0.1) is 5.82 Å². The first-order chi connectivity index (χ1) is 13.8. The maximum atomic E-state index is 13.2. The van der Waals surface area contributed by atoms with Crippen LogP contribution >= 0.6 is 0 Å². The lowest BCUT2D eigenvalue weighted by Gasteiger charge is -2.08. The first kappa shape index (κ1) is 18.7. The number of anilines is 1. The van der Waals surface area contributed by atoms with Crippen LogP contribution in [0.3, 0.4) is 0 Å². The summed E-state index contributed by atoms with van der Waals surface area (Å²) in [6.45, 7) is -0.0280. The second-order valence-corrected chi connectivity index (χ2v) is 6.20. The van der Waals surface area contributed by atoms with Crippen molar-refractivity contribution in [2.45, 2.75) is 12.7 Å². The van der Waals surface area contributed by atoms with Gasteiger partial charge in [0.1, 0.15) is 12.4 Å². The molecule has 2 aromatic carbocycles. The van der Waals surface area contributed by atoms with Crippen molar-refractivity contribution in [3.8, 4) is 11.4 Å². The first-order valence-electron chi connectivity index (χ1n) is 8.35. The zero-order valence-corrected chi connectivity index (χ0v) is 14.6. The lowest BCUT2D eigenvalue weighted by Crippen LogP contribution is -2.18. The molecule has 10 heteroatoms. The number of carbonyl (C=O) groups excluding carboxylic acids is 1. The Morgan fingerprint density at radius 2 is 1.97 bits per heavy atom. The number of alkyl halides is 3. The van der Waals surface area contributed by atoms with Crippen molar-refractivity contribution in [1.29, 1.82) is 0 Å². The Balaban J connectivity index is 1.54. The van der Waals surface area contributed by atoms with E-state index in [0.717, 1.165) is 0 Å². The Morgan fingerprint density at radius 3 is 2.69 bits per heavy atom. The van der Waals surface area contributed by atoms with Crippen molar-refractivity contribution in [3.05, 3.63) is 66.4 Å². The Bertz CT molecular complexity index is 1200. The number of hydrogen-bond acceptors (Lipinski definition) is 4. The number of carbonyl (C=O) groups is 1. The van der Waals surface area contributed by atoms with E-state index in [1.54, 1.807) is 35.0 Å². The van der Waals surface area contributed by atoms with Gasteiger partial charge >= 0.3 is 12.1 Å². The standard InChI is InChI=1S/C19H12F4N4O2/c20-13-2-1-3-14(9-13)24-16(28)10-27-7-6-11-8-12(4-5-15(11)27)17-25-18(29-26-17)19(21,22)23/h1-9H,10H2,(H,24,28). The summed E-state index contributed by atoms with van der Waals surface area (Å²) in [5.74, 6) is -2.42. The van der Waals surface area contributed by atoms with Gasteiger partial charge in [-0.3, -0.25) is 4.79 Å². The maximum absolute atomic E-state index is 13.2. The van der Waals surface area contributed by atoms with Crippen LogP contribution in [0.25, 0.3) is 22.3 Å². The molecule has 0 radical (unpaired) electrons. The molecule has 0 atom stereocenters. The third-order valence-electron chi connectivity index (χ3n) is 4.12. The van der Waals surface area contributed by atoms with E-state index in [1.807, 2.05) is 0 Å². The third kappa shape index (κ3) is 3.96. The normalized spacial score (nSPS) is 11.7. The molecule has 0 spiro atoms. The molecule has 4 aromatic rings. The zero-order valence-electron chi connectivity index (χ0n) is 14.6. The van der Waals surface area contributed by atoms with Crippen molar-refractivity contribution in [3.63, 3.8) is 0 Å². The molecule has 1 N–H and O–H groups in total. The van der Waals surface area contributed by atoms with Crippen molar-refractivity contribution in [1.82, 2.24) is 14.7 Å². The van der Waals surface area contributed by atoms with E-state index in [4.69, 9.17) is 0 Å². The summed E-state index contributed by atoms with van der Waals surface area (Å²) in [6, 6.07) is 12.0. The summed E-state index contributed by atoms with van der Waals surface area (Å²) in [4.78, 5) is 15.6. The second kappa shape index (κ2) is 7.04. The molecule has 0 aliphatic carbocycles. The molecule has 2 aromatic heterocycles. The number of benzene rings is 2. The van der Waals surface area contributed by atoms with Crippen molar-refractivity contribution >= 4 is 22.5 Å². The third-order valence-corrected chi connectivity index (χ3v) is 4.12. The first-order valence-corrected chi connectivity index (χ1v) is 8.35. The fourth-order valence-electron chi connectivity index (χ4n) is 2.85. The lowest BCUT2D eigenvalue weighted by atomic mass is 10.1. The quantitative estimate of drug-likeness (QED) is 0.509. The van der Waals surface area contributed by atoms with Crippen LogP contribution in [0.1, 0.15) is 5.89 Å². The van der Waals surface area contributed by atoms with Gasteiger partial charge in [-0.2, -0.15) is 18.2 Å². The van der Waals surface area contributed by atoms with Crippen LogP contribution < -0.4 is 5.32 Å². The molecule has 29 heavy (non-hydrogen) atoms. The van der Waals surface area contributed by atoms with Crippen LogP contribution in [0.5, 0.6) is 0 Å². The number of halogens is 4. The predicted octanol–water partition coefficient (Wildman–Crippen LogP) is 4.49. The molecule has 0 saturated carbocycles. The fraction of sp³-hybridized carbons (Fsp3) is 0.105. The van der Waals surface area contributed by atoms with Gasteiger partial charge in [0, 0.05) is 28.4 Å². The van der Waals surface area contributed by atoms with Crippen molar-refractivity contribution in [2.75, 3.05) is 5.32 Å². The second-order valence-electron chi connectivity index (χ2n) is 6.20. The minimum absolute atomic E-state index is 0.0280. The van der Waals surface area contributed by atoms with Gasteiger partial charge in [0.05, 0.1) is 0 Å². The Morgan fingerprint density at radius 1 is 1.14 bits per heavy atom. The molecule has 2 heterocycles. The van der Waals surface area contributed by atoms with E-state index in [0.29, 0.717) is 22.2 Å². The molecule has 6 nitrogen and oxygen atoms in total. The fourth-order valence-corrected chi connectivity index (χ4v) is 2.85. The van der Waals surface area contributed by atoms with Gasteiger partial charge in [-0.25, -0.2) is 4.39 Å². The number of nitrogens with one attached hydrogen (secondary N) is 1. The molecular weight excluding hydrogens is 392 g/mol. The van der Waals surface area contributed by atoms with Crippen LogP contribution in [0.2, 0.25) is 0 Å². The highest BCUT2D eigenvalue weighted by Gasteiger charge is 2.38. The van der Waals surface area contributed by atoms with E-state index in [1.165, 1.54) is 24.3 Å². The monoisotopic (exact) mass is 404 g/mol. The average Bonchev–Trinajstić information content (AvgIpc) is 3.29. The Kier molecular flexibility index (Phi) is 4.53. The van der Waals surface area contributed by atoms with Crippen LogP contribution in [0.4, 0.5) is 23.2 Å². The van der Waals surface area contributed by atoms with Gasteiger partial charge in [0.2, 0.25) is 11.7 Å². The van der Waals surface area contributed by atoms with Gasteiger partial charge in [-0.05, 0) is 42.5 Å². The SMILES string of the molecule is O=C(Cn1ccc2cc(-c3noc(C(F)(F)F)n3)ccc21)Nc1cccc(F)c1.